The van der Waals surface area contributed by atoms with Gasteiger partial charge in [0.25, 0.3) is 13.4 Å². The molecule has 0 saturated heterocycles. The molecule has 0 unspecified atom stereocenters. The van der Waals surface area contributed by atoms with Gasteiger partial charge >= 0.3 is 0 Å². The minimum atomic E-state index is -0.185. The Morgan fingerprint density at radius 3 is 1.23 bits per heavy atom. The SMILES string of the molecule is CC(C)c1cccc(C(C)C)c1B1c2ccccc2N(c2ccccc2)c2cc3c(cc21)B1c2cc4oc5ccccc5c4cc2N2c4ccccc4B4c5ccccc5N(c5ccccc5)c5cc(c1c2c54)N3c1ccccc1. The van der Waals surface area contributed by atoms with Gasteiger partial charge in [0.2, 0.25) is 6.71 Å². The van der Waals surface area contributed by atoms with E-state index in [0.29, 0.717) is 11.8 Å². The van der Waals surface area contributed by atoms with Gasteiger partial charge in [-0.1, -0.05) is 185 Å². The molecule has 0 spiro atoms. The standard InChI is InChI=1S/C72H53B3N4O/c1-44(2)49-30-22-31-50(45(3)4)69(49)74-54-33-16-18-35-59(54)76(46-23-8-5-9-24-46)63-42-64-57(40-56(63)74)75-58-41-68-52(51-29-14-21-38-67(51)80-68)39-62(58)79-61-37-20-17-34-55(61)73-53-32-15-19-36-60(53)77(47-25-10-6-11-26-47)65-43-66(71(75)72(79)70(65)73)78(64)48-27-12-7-13-28-48/h5-45H,1-4H3. The molecule has 5 aliphatic heterocycles. The maximum absolute atomic E-state index is 6.96. The van der Waals surface area contributed by atoms with Gasteiger partial charge in [-0.3, -0.25) is 0 Å². The Bertz CT molecular complexity index is 4530. The lowest BCUT2D eigenvalue weighted by molar-refractivity contribution is 0.669. The molecular weight excluding hydrogens is 969 g/mol. The van der Waals surface area contributed by atoms with Gasteiger partial charge in [0.1, 0.15) is 11.2 Å². The summed E-state index contributed by atoms with van der Waals surface area (Å²) in [6.45, 7) is 9.22. The van der Waals surface area contributed by atoms with Crippen LogP contribution in [-0.2, 0) is 0 Å². The van der Waals surface area contributed by atoms with Crippen molar-refractivity contribution in [3.05, 3.63) is 248 Å². The first-order valence-corrected chi connectivity index (χ1v) is 28.5. The van der Waals surface area contributed by atoms with Crippen molar-refractivity contribution in [2.75, 3.05) is 19.6 Å². The van der Waals surface area contributed by atoms with Crippen LogP contribution in [0.2, 0.25) is 0 Å². The molecule has 0 bridgehead atoms. The lowest BCUT2D eigenvalue weighted by Gasteiger charge is -2.51. The van der Waals surface area contributed by atoms with E-state index in [0.717, 1.165) is 39.0 Å². The van der Waals surface area contributed by atoms with Gasteiger partial charge in [-0.2, -0.15) is 0 Å². The van der Waals surface area contributed by atoms with Crippen molar-refractivity contribution in [3.8, 4) is 0 Å². The smallest absolute Gasteiger partial charge is 0.252 e. The summed E-state index contributed by atoms with van der Waals surface area (Å²) in [5, 5.41) is 2.25. The third kappa shape index (κ3) is 6.22. The largest absolute Gasteiger partial charge is 0.456 e. The van der Waals surface area contributed by atoms with Crippen LogP contribution in [-0.4, -0.2) is 20.1 Å². The summed E-state index contributed by atoms with van der Waals surface area (Å²) in [4.78, 5) is 10.4. The highest BCUT2D eigenvalue weighted by molar-refractivity contribution is 7.05. The van der Waals surface area contributed by atoms with Crippen LogP contribution in [0, 0.1) is 0 Å². The quantitative estimate of drug-likeness (QED) is 0.155. The number of para-hydroxylation sites is 7. The molecule has 0 fully saturated rings. The normalized spacial score (nSPS) is 14.1. The Labute approximate surface area is 468 Å². The predicted molar refractivity (Wildman–Crippen MR) is 341 cm³/mol. The highest BCUT2D eigenvalue weighted by Crippen LogP contribution is 2.51. The first-order chi connectivity index (χ1) is 39.4. The minimum Gasteiger partial charge on any atom is -0.456 e. The molecule has 0 radical (unpaired) electrons. The van der Waals surface area contributed by atoms with E-state index in [2.05, 4.69) is 284 Å². The highest BCUT2D eigenvalue weighted by atomic mass is 16.3. The second-order valence-electron chi connectivity index (χ2n) is 23.0. The number of benzene rings is 11. The molecular formula is C72H53B3N4O. The summed E-state index contributed by atoms with van der Waals surface area (Å²) in [5.74, 6) is 0.616. The molecule has 0 N–H and O–H groups in total. The van der Waals surface area contributed by atoms with Gasteiger partial charge in [-0.25, -0.2) is 0 Å². The monoisotopic (exact) mass is 1020 g/mol. The topological polar surface area (TPSA) is 26.1 Å². The van der Waals surface area contributed by atoms with Crippen molar-refractivity contribution in [1.82, 2.24) is 0 Å². The Hall–Kier alpha value is -9.39. The number of anilines is 12. The number of fused-ring (bicyclic) bond motifs is 15. The molecule has 11 aromatic carbocycles. The number of nitrogens with zero attached hydrogens (tertiary/aromatic N) is 4. The van der Waals surface area contributed by atoms with Gasteiger partial charge < -0.3 is 24.0 Å². The molecule has 0 atom stereocenters. The van der Waals surface area contributed by atoms with Crippen LogP contribution >= 0.6 is 0 Å². The van der Waals surface area contributed by atoms with E-state index in [1.807, 2.05) is 0 Å². The molecule has 0 amide bonds. The van der Waals surface area contributed by atoms with E-state index in [1.54, 1.807) is 0 Å². The average molecular weight is 1020 g/mol. The number of hydrogen-bond acceptors (Lipinski definition) is 5. The van der Waals surface area contributed by atoms with E-state index in [4.69, 9.17) is 4.42 Å². The van der Waals surface area contributed by atoms with Gasteiger partial charge in [-0.05, 0) is 152 Å². The highest BCUT2D eigenvalue weighted by Gasteiger charge is 2.53. The fourth-order valence-corrected chi connectivity index (χ4v) is 15.0. The predicted octanol–water partition coefficient (Wildman–Crippen LogP) is 12.8. The van der Waals surface area contributed by atoms with Gasteiger partial charge in [0.05, 0.1) is 0 Å². The summed E-state index contributed by atoms with van der Waals surface area (Å²) < 4.78 is 6.96. The van der Waals surface area contributed by atoms with Gasteiger partial charge in [0.15, 0.2) is 0 Å². The molecule has 0 aliphatic carbocycles. The second kappa shape index (κ2) is 17.1. The van der Waals surface area contributed by atoms with E-state index < -0.39 is 0 Å². The zero-order valence-electron chi connectivity index (χ0n) is 45.1. The maximum Gasteiger partial charge on any atom is 0.252 e. The summed E-state index contributed by atoms with van der Waals surface area (Å²) in [6, 6.07) is 89.1. The zero-order chi connectivity index (χ0) is 53.1. The first kappa shape index (κ1) is 45.6. The van der Waals surface area contributed by atoms with Crippen molar-refractivity contribution in [1.29, 1.82) is 0 Å². The summed E-state index contributed by atoms with van der Waals surface area (Å²) >= 11 is 0. The molecule has 5 nitrogen and oxygen atoms in total. The second-order valence-corrected chi connectivity index (χ2v) is 23.0. The van der Waals surface area contributed by atoms with Crippen LogP contribution in [0.1, 0.15) is 50.7 Å². The molecule has 376 valence electrons. The molecule has 8 heteroatoms. The number of furan rings is 1. The van der Waals surface area contributed by atoms with Crippen molar-refractivity contribution in [2.45, 2.75) is 39.5 Å². The first-order valence-electron chi connectivity index (χ1n) is 28.5. The van der Waals surface area contributed by atoms with Crippen LogP contribution in [0.5, 0.6) is 0 Å². The fraction of sp³-hybridized carbons (Fsp3) is 0.0833. The number of hydrogen-bond donors (Lipinski definition) is 0. The van der Waals surface area contributed by atoms with Crippen LogP contribution in [0.25, 0.3) is 21.9 Å². The van der Waals surface area contributed by atoms with Crippen molar-refractivity contribution in [2.24, 2.45) is 0 Å². The molecule has 80 heavy (non-hydrogen) atoms. The van der Waals surface area contributed by atoms with Crippen LogP contribution in [0.3, 0.4) is 0 Å². The molecule has 6 heterocycles. The molecule has 17 rings (SSSR count). The van der Waals surface area contributed by atoms with Crippen molar-refractivity contribution >= 4 is 159 Å². The zero-order valence-corrected chi connectivity index (χ0v) is 45.1. The Morgan fingerprint density at radius 2 is 0.688 bits per heavy atom. The van der Waals surface area contributed by atoms with E-state index in [9.17, 15) is 0 Å². The minimum absolute atomic E-state index is 0.0213. The van der Waals surface area contributed by atoms with E-state index in [1.165, 1.54) is 111 Å². The summed E-state index contributed by atoms with van der Waals surface area (Å²) in [6.07, 6.45) is 0. The Kier molecular flexibility index (Phi) is 9.73. The fourth-order valence-electron chi connectivity index (χ4n) is 15.0. The third-order valence-corrected chi connectivity index (χ3v) is 18.2. The molecule has 5 aliphatic rings. The van der Waals surface area contributed by atoms with Crippen LogP contribution in [0.15, 0.2) is 241 Å². The molecule has 12 aromatic rings. The Morgan fingerprint density at radius 1 is 0.287 bits per heavy atom. The van der Waals surface area contributed by atoms with Gasteiger partial charge in [0, 0.05) is 79.0 Å². The van der Waals surface area contributed by atoms with Crippen molar-refractivity contribution < 1.29 is 4.42 Å². The van der Waals surface area contributed by atoms with Crippen LogP contribution < -0.4 is 68.8 Å². The molecule has 0 saturated carbocycles. The third-order valence-electron chi connectivity index (χ3n) is 18.2. The number of rotatable bonds is 6. The lowest BCUT2D eigenvalue weighted by Crippen LogP contribution is -2.69. The lowest BCUT2D eigenvalue weighted by atomic mass is 9.28. The van der Waals surface area contributed by atoms with E-state index in [-0.39, 0.29) is 20.1 Å². The van der Waals surface area contributed by atoms with Crippen molar-refractivity contribution in [3.63, 3.8) is 0 Å². The van der Waals surface area contributed by atoms with Crippen LogP contribution in [0.4, 0.5) is 68.2 Å². The van der Waals surface area contributed by atoms with Gasteiger partial charge in [-0.15, -0.1) is 0 Å². The van der Waals surface area contributed by atoms with E-state index >= 15 is 0 Å². The average Bonchev–Trinajstić information content (AvgIpc) is 1.82. The Balaban J connectivity index is 1.06. The summed E-state index contributed by atoms with van der Waals surface area (Å²) in [7, 11) is 0. The summed E-state index contributed by atoms with van der Waals surface area (Å²) in [5.41, 5.74) is 30.6. The molecule has 1 aromatic heterocycles. The maximum atomic E-state index is 6.96.